The summed E-state index contributed by atoms with van der Waals surface area (Å²) < 4.78 is 13.4. The fourth-order valence-electron chi connectivity index (χ4n) is 2.03. The van der Waals surface area contributed by atoms with E-state index in [0.29, 0.717) is 5.13 Å². The van der Waals surface area contributed by atoms with Gasteiger partial charge in [0.15, 0.2) is 0 Å². The number of amides is 2. The summed E-state index contributed by atoms with van der Waals surface area (Å²) in [6.07, 6.45) is 0.769. The molecule has 0 saturated heterocycles. The zero-order valence-corrected chi connectivity index (χ0v) is 11.9. The molecule has 3 rings (SSSR count). The fraction of sp³-hybridized carbons (Fsp3) is 0.250. The molecule has 1 aromatic heterocycles. The maximum absolute atomic E-state index is 13.4. The molecule has 104 valence electrons. The summed E-state index contributed by atoms with van der Waals surface area (Å²) in [5.41, 5.74) is 2.37. The molecule has 2 N–H and O–H groups in total. The molecule has 8 heteroatoms. The molecule has 0 radical (unpaired) electrons. The first kappa shape index (κ1) is 13.3. The average molecular weight is 310 g/mol. The van der Waals surface area contributed by atoms with E-state index in [4.69, 9.17) is 0 Å². The van der Waals surface area contributed by atoms with Gasteiger partial charge in [-0.2, -0.15) is 0 Å². The monoisotopic (exact) mass is 310 g/mol. The van der Waals surface area contributed by atoms with Crippen molar-refractivity contribution in [2.24, 2.45) is 0 Å². The van der Waals surface area contributed by atoms with Gasteiger partial charge in [0.1, 0.15) is 11.3 Å². The average Bonchev–Trinajstić information content (AvgIpc) is 2.92. The molecule has 0 unspecified atom stereocenters. The van der Waals surface area contributed by atoms with Gasteiger partial charge in [-0.25, -0.2) is 9.18 Å². The molecule has 0 saturated carbocycles. The van der Waals surface area contributed by atoms with Crippen molar-refractivity contribution >= 4 is 34.3 Å². The second-order valence-corrected chi connectivity index (χ2v) is 6.18. The number of carbonyl (C=O) groups excluding carboxylic acids is 1. The standard InChI is InChI=1S/C12H11FN4OS2/c13-7-1-2-10-8(5-7)9(3-4-19-10)15-11(18)16-12-17-14-6-20-12/h1-2,5-6,9H,3-4H2,(H2,15,16,17,18)/t9-/m1/s1. The molecule has 20 heavy (non-hydrogen) atoms. The minimum atomic E-state index is -0.353. The van der Waals surface area contributed by atoms with Crippen molar-refractivity contribution in [3.63, 3.8) is 0 Å². The van der Waals surface area contributed by atoms with E-state index < -0.39 is 0 Å². The van der Waals surface area contributed by atoms with Crippen LogP contribution < -0.4 is 10.6 Å². The Balaban J connectivity index is 1.72. The third kappa shape index (κ3) is 2.91. The molecule has 2 amide bonds. The third-order valence-electron chi connectivity index (χ3n) is 2.90. The Kier molecular flexibility index (Phi) is 3.83. The van der Waals surface area contributed by atoms with Crippen LogP contribution in [0.5, 0.6) is 0 Å². The van der Waals surface area contributed by atoms with Crippen LogP contribution >= 0.6 is 23.1 Å². The van der Waals surface area contributed by atoms with E-state index in [-0.39, 0.29) is 17.9 Å². The summed E-state index contributed by atoms with van der Waals surface area (Å²) in [6.45, 7) is 0. The van der Waals surface area contributed by atoms with E-state index in [0.717, 1.165) is 22.6 Å². The highest BCUT2D eigenvalue weighted by molar-refractivity contribution is 7.99. The Morgan fingerprint density at radius 1 is 1.45 bits per heavy atom. The second kappa shape index (κ2) is 5.76. The highest BCUT2D eigenvalue weighted by atomic mass is 32.2. The van der Waals surface area contributed by atoms with Gasteiger partial charge in [0.2, 0.25) is 5.13 Å². The number of carbonyl (C=O) groups is 1. The van der Waals surface area contributed by atoms with Crippen LogP contribution in [0.3, 0.4) is 0 Å². The van der Waals surface area contributed by atoms with Crippen molar-refractivity contribution in [2.75, 3.05) is 11.1 Å². The van der Waals surface area contributed by atoms with Gasteiger partial charge in [0.05, 0.1) is 6.04 Å². The number of fused-ring (bicyclic) bond motifs is 1. The van der Waals surface area contributed by atoms with Crippen LogP contribution in [0.1, 0.15) is 18.0 Å². The van der Waals surface area contributed by atoms with Gasteiger partial charge in [-0.05, 0) is 30.2 Å². The molecule has 2 aromatic rings. The lowest BCUT2D eigenvalue weighted by atomic mass is 10.0. The molecule has 2 heterocycles. The molecule has 0 fully saturated rings. The first-order valence-electron chi connectivity index (χ1n) is 5.98. The van der Waals surface area contributed by atoms with Crippen LogP contribution in [-0.4, -0.2) is 22.0 Å². The molecular formula is C12H11FN4OS2. The Hall–Kier alpha value is -1.67. The van der Waals surface area contributed by atoms with Crippen molar-refractivity contribution in [1.82, 2.24) is 15.5 Å². The Bertz CT molecular complexity index is 620. The van der Waals surface area contributed by atoms with Crippen molar-refractivity contribution in [1.29, 1.82) is 0 Å². The van der Waals surface area contributed by atoms with E-state index in [2.05, 4.69) is 20.8 Å². The molecule has 0 spiro atoms. The number of nitrogens with one attached hydrogen (secondary N) is 2. The quantitative estimate of drug-likeness (QED) is 0.894. The number of urea groups is 1. The van der Waals surface area contributed by atoms with Gasteiger partial charge in [-0.1, -0.05) is 11.3 Å². The van der Waals surface area contributed by atoms with Crippen molar-refractivity contribution in [3.8, 4) is 0 Å². The molecule has 1 aromatic carbocycles. The molecule has 5 nitrogen and oxygen atoms in total. The fourth-order valence-corrected chi connectivity index (χ4v) is 3.58. The van der Waals surface area contributed by atoms with Gasteiger partial charge in [0.25, 0.3) is 0 Å². The summed E-state index contributed by atoms with van der Waals surface area (Å²) >= 11 is 2.92. The minimum Gasteiger partial charge on any atom is -0.331 e. The maximum atomic E-state index is 13.4. The number of benzene rings is 1. The van der Waals surface area contributed by atoms with Crippen LogP contribution in [0.4, 0.5) is 14.3 Å². The summed E-state index contributed by atoms with van der Waals surface area (Å²) in [5.74, 6) is 0.602. The van der Waals surface area contributed by atoms with E-state index in [1.54, 1.807) is 17.8 Å². The lowest BCUT2D eigenvalue weighted by molar-refractivity contribution is 0.248. The van der Waals surface area contributed by atoms with Crippen molar-refractivity contribution < 1.29 is 9.18 Å². The Morgan fingerprint density at radius 2 is 2.35 bits per heavy atom. The SMILES string of the molecule is O=C(Nc1nncs1)N[C@@H]1CCSc2ccc(F)cc21. The van der Waals surface area contributed by atoms with Crippen molar-refractivity contribution in [2.45, 2.75) is 17.4 Å². The predicted octanol–water partition coefficient (Wildman–Crippen LogP) is 3.04. The number of thioether (sulfide) groups is 1. The number of nitrogens with zero attached hydrogens (tertiary/aromatic N) is 2. The summed E-state index contributed by atoms with van der Waals surface area (Å²) in [7, 11) is 0. The largest absolute Gasteiger partial charge is 0.331 e. The molecule has 0 bridgehead atoms. The Morgan fingerprint density at radius 3 is 3.15 bits per heavy atom. The number of anilines is 1. The lowest BCUT2D eigenvalue weighted by Crippen LogP contribution is -2.34. The number of hydrogen-bond acceptors (Lipinski definition) is 5. The van der Waals surface area contributed by atoms with Gasteiger partial charge < -0.3 is 5.32 Å². The van der Waals surface area contributed by atoms with Gasteiger partial charge >= 0.3 is 6.03 Å². The topological polar surface area (TPSA) is 66.9 Å². The first-order valence-corrected chi connectivity index (χ1v) is 7.85. The van der Waals surface area contributed by atoms with Gasteiger partial charge in [-0.3, -0.25) is 5.32 Å². The first-order chi connectivity index (χ1) is 9.72. The maximum Gasteiger partial charge on any atom is 0.321 e. The molecular weight excluding hydrogens is 299 g/mol. The number of aromatic nitrogens is 2. The zero-order chi connectivity index (χ0) is 13.9. The van der Waals surface area contributed by atoms with E-state index in [1.807, 2.05) is 0 Å². The van der Waals surface area contributed by atoms with Crippen LogP contribution in [0.2, 0.25) is 0 Å². The highest BCUT2D eigenvalue weighted by Crippen LogP contribution is 2.36. The number of rotatable bonds is 2. The van der Waals surface area contributed by atoms with Crippen LogP contribution in [0, 0.1) is 5.82 Å². The Labute approximate surface area is 123 Å². The molecule has 1 aliphatic rings. The van der Waals surface area contributed by atoms with E-state index in [1.165, 1.54) is 29.0 Å². The highest BCUT2D eigenvalue weighted by Gasteiger charge is 2.23. The lowest BCUT2D eigenvalue weighted by Gasteiger charge is -2.25. The molecule has 1 aliphatic heterocycles. The van der Waals surface area contributed by atoms with Crippen LogP contribution in [0.25, 0.3) is 0 Å². The van der Waals surface area contributed by atoms with Gasteiger partial charge in [-0.15, -0.1) is 22.0 Å². The van der Waals surface area contributed by atoms with Crippen LogP contribution in [0.15, 0.2) is 28.6 Å². The summed E-state index contributed by atoms with van der Waals surface area (Å²) in [4.78, 5) is 12.9. The number of hydrogen-bond donors (Lipinski definition) is 2. The van der Waals surface area contributed by atoms with E-state index in [9.17, 15) is 9.18 Å². The normalized spacial score (nSPS) is 17.4. The number of halogens is 1. The second-order valence-electron chi connectivity index (χ2n) is 4.21. The minimum absolute atomic E-state index is 0.185. The summed E-state index contributed by atoms with van der Waals surface area (Å²) in [5, 5.41) is 13.3. The predicted molar refractivity (Wildman–Crippen MR) is 76.5 cm³/mol. The third-order valence-corrected chi connectivity index (χ3v) is 4.63. The smallest absolute Gasteiger partial charge is 0.321 e. The summed E-state index contributed by atoms with van der Waals surface area (Å²) in [6, 6.07) is 4.14. The molecule has 0 aliphatic carbocycles. The van der Waals surface area contributed by atoms with E-state index >= 15 is 0 Å². The molecule has 1 atom stereocenters. The zero-order valence-electron chi connectivity index (χ0n) is 10.3. The van der Waals surface area contributed by atoms with Crippen LogP contribution in [-0.2, 0) is 0 Å². The van der Waals surface area contributed by atoms with Crippen molar-refractivity contribution in [3.05, 3.63) is 35.1 Å². The van der Waals surface area contributed by atoms with Gasteiger partial charge in [0, 0.05) is 10.6 Å².